The molecule has 0 bridgehead atoms. The second kappa shape index (κ2) is 3.31. The van der Waals surface area contributed by atoms with Crippen molar-refractivity contribution in [2.24, 2.45) is 5.41 Å². The summed E-state index contributed by atoms with van der Waals surface area (Å²) in [6, 6.07) is 2.59. The summed E-state index contributed by atoms with van der Waals surface area (Å²) in [6.45, 7) is 4.46. The summed E-state index contributed by atoms with van der Waals surface area (Å²) in [7, 11) is 0. The molecule has 0 radical (unpaired) electrons. The summed E-state index contributed by atoms with van der Waals surface area (Å²) in [6.07, 6.45) is 6.55. The molecule has 2 fully saturated rings. The Kier molecular flexibility index (Phi) is 2.29. The van der Waals surface area contributed by atoms with Crippen LogP contribution in [0.2, 0.25) is 0 Å². The van der Waals surface area contributed by atoms with Gasteiger partial charge in [0.25, 0.3) is 0 Å². The standard InChI is InChI=1S/C11H18N2/c1-2-10(8-12)13-7-6-11(9-13)4-3-5-11/h10H,2-7,9H2,1H3. The largest absolute Gasteiger partial charge is 0.287 e. The van der Waals surface area contributed by atoms with E-state index in [2.05, 4.69) is 17.9 Å². The molecule has 0 aromatic rings. The van der Waals surface area contributed by atoms with Gasteiger partial charge >= 0.3 is 0 Å². The van der Waals surface area contributed by atoms with Crippen LogP contribution in [-0.2, 0) is 0 Å². The van der Waals surface area contributed by atoms with Gasteiger partial charge in [0.1, 0.15) is 0 Å². The molecule has 1 saturated carbocycles. The lowest BCUT2D eigenvalue weighted by atomic mass is 9.68. The molecule has 1 heterocycles. The van der Waals surface area contributed by atoms with Crippen molar-refractivity contribution in [3.05, 3.63) is 0 Å². The van der Waals surface area contributed by atoms with Crippen LogP contribution in [-0.4, -0.2) is 24.0 Å². The van der Waals surface area contributed by atoms with E-state index in [-0.39, 0.29) is 6.04 Å². The van der Waals surface area contributed by atoms with Gasteiger partial charge in [0.05, 0.1) is 12.1 Å². The van der Waals surface area contributed by atoms with Crippen LogP contribution in [0, 0.1) is 16.7 Å². The lowest BCUT2D eigenvalue weighted by Crippen LogP contribution is -2.37. The molecule has 1 spiro atoms. The Hall–Kier alpha value is -0.550. The number of hydrogen-bond donors (Lipinski definition) is 0. The second-order valence-corrected chi connectivity index (χ2v) is 4.63. The molecule has 1 atom stereocenters. The summed E-state index contributed by atoms with van der Waals surface area (Å²) in [4.78, 5) is 2.39. The first kappa shape index (κ1) is 9.02. The van der Waals surface area contributed by atoms with E-state index in [0.717, 1.165) is 13.0 Å². The van der Waals surface area contributed by atoms with E-state index in [1.165, 1.54) is 32.2 Å². The molecule has 13 heavy (non-hydrogen) atoms. The van der Waals surface area contributed by atoms with E-state index in [0.29, 0.717) is 5.41 Å². The summed E-state index contributed by atoms with van der Waals surface area (Å²) in [5, 5.41) is 8.96. The van der Waals surface area contributed by atoms with Gasteiger partial charge in [0, 0.05) is 6.54 Å². The van der Waals surface area contributed by atoms with Gasteiger partial charge < -0.3 is 0 Å². The van der Waals surface area contributed by atoms with E-state index >= 15 is 0 Å². The van der Waals surface area contributed by atoms with Crippen LogP contribution >= 0.6 is 0 Å². The zero-order valence-corrected chi connectivity index (χ0v) is 8.42. The highest BCUT2D eigenvalue weighted by Crippen LogP contribution is 2.48. The highest BCUT2D eigenvalue weighted by atomic mass is 15.2. The smallest absolute Gasteiger partial charge is 0.0975 e. The highest BCUT2D eigenvalue weighted by Gasteiger charge is 2.43. The van der Waals surface area contributed by atoms with Crippen LogP contribution in [0.4, 0.5) is 0 Å². The summed E-state index contributed by atoms with van der Waals surface area (Å²) < 4.78 is 0. The Morgan fingerprint density at radius 2 is 2.23 bits per heavy atom. The van der Waals surface area contributed by atoms with Gasteiger partial charge in [-0.1, -0.05) is 13.3 Å². The molecule has 2 rings (SSSR count). The van der Waals surface area contributed by atoms with Crippen molar-refractivity contribution >= 4 is 0 Å². The molecule has 0 N–H and O–H groups in total. The molecule has 1 unspecified atom stereocenters. The Bertz CT molecular complexity index is 225. The highest BCUT2D eigenvalue weighted by molar-refractivity contribution is 5.01. The maximum Gasteiger partial charge on any atom is 0.0975 e. The summed E-state index contributed by atoms with van der Waals surface area (Å²) in [5.41, 5.74) is 0.643. The lowest BCUT2D eigenvalue weighted by molar-refractivity contribution is 0.131. The Labute approximate surface area is 80.5 Å². The van der Waals surface area contributed by atoms with Crippen molar-refractivity contribution in [2.45, 2.75) is 45.1 Å². The Morgan fingerprint density at radius 1 is 1.46 bits per heavy atom. The average molecular weight is 178 g/mol. The van der Waals surface area contributed by atoms with E-state index in [1.54, 1.807) is 0 Å². The fourth-order valence-electron chi connectivity index (χ4n) is 2.75. The second-order valence-electron chi connectivity index (χ2n) is 4.63. The molecule has 2 aliphatic rings. The van der Waals surface area contributed by atoms with Crippen molar-refractivity contribution in [1.29, 1.82) is 5.26 Å². The minimum atomic E-state index is 0.181. The summed E-state index contributed by atoms with van der Waals surface area (Å²) >= 11 is 0. The van der Waals surface area contributed by atoms with Crippen molar-refractivity contribution < 1.29 is 0 Å². The first-order valence-corrected chi connectivity index (χ1v) is 5.43. The third kappa shape index (κ3) is 1.46. The van der Waals surface area contributed by atoms with Crippen molar-refractivity contribution in [3.63, 3.8) is 0 Å². The van der Waals surface area contributed by atoms with Crippen LogP contribution in [0.5, 0.6) is 0 Å². The molecular weight excluding hydrogens is 160 g/mol. The molecule has 0 aromatic carbocycles. The maximum atomic E-state index is 8.96. The third-order valence-corrected chi connectivity index (χ3v) is 3.86. The number of rotatable bonds is 2. The molecule has 2 nitrogen and oxygen atoms in total. The van der Waals surface area contributed by atoms with Crippen LogP contribution in [0.1, 0.15) is 39.0 Å². The molecular formula is C11H18N2. The SMILES string of the molecule is CCC(C#N)N1CCC2(CCC2)C1. The fourth-order valence-corrected chi connectivity index (χ4v) is 2.75. The molecule has 72 valence electrons. The monoisotopic (exact) mass is 178 g/mol. The number of likely N-dealkylation sites (tertiary alicyclic amines) is 1. The number of nitrogens with zero attached hydrogens (tertiary/aromatic N) is 2. The fraction of sp³-hybridized carbons (Fsp3) is 0.909. The lowest BCUT2D eigenvalue weighted by Gasteiger charge is -2.38. The quantitative estimate of drug-likeness (QED) is 0.648. The predicted molar refractivity (Wildman–Crippen MR) is 52.2 cm³/mol. The predicted octanol–water partition coefficient (Wildman–Crippen LogP) is 2.16. The van der Waals surface area contributed by atoms with Gasteiger partial charge in [0.15, 0.2) is 0 Å². The van der Waals surface area contributed by atoms with E-state index in [1.807, 2.05) is 0 Å². The van der Waals surface area contributed by atoms with Gasteiger partial charge in [0.2, 0.25) is 0 Å². The minimum absolute atomic E-state index is 0.181. The average Bonchev–Trinajstić information content (AvgIpc) is 2.51. The van der Waals surface area contributed by atoms with Crippen molar-refractivity contribution in [2.75, 3.05) is 13.1 Å². The Balaban J connectivity index is 1.94. The minimum Gasteiger partial charge on any atom is -0.287 e. The molecule has 2 heteroatoms. The van der Waals surface area contributed by atoms with E-state index in [4.69, 9.17) is 5.26 Å². The van der Waals surface area contributed by atoms with Crippen LogP contribution in [0.3, 0.4) is 0 Å². The first-order chi connectivity index (χ1) is 6.29. The molecule has 1 aliphatic carbocycles. The zero-order chi connectivity index (χ0) is 9.31. The van der Waals surface area contributed by atoms with E-state index < -0.39 is 0 Å². The molecule has 0 amide bonds. The number of nitriles is 1. The van der Waals surface area contributed by atoms with Crippen LogP contribution < -0.4 is 0 Å². The Morgan fingerprint density at radius 3 is 2.62 bits per heavy atom. The molecule has 1 saturated heterocycles. The normalized spacial score (nSPS) is 28.3. The third-order valence-electron chi connectivity index (χ3n) is 3.86. The van der Waals surface area contributed by atoms with Gasteiger partial charge in [-0.25, -0.2) is 0 Å². The van der Waals surface area contributed by atoms with Gasteiger partial charge in [-0.05, 0) is 37.6 Å². The molecule has 0 aromatic heterocycles. The first-order valence-electron chi connectivity index (χ1n) is 5.43. The maximum absolute atomic E-state index is 8.96. The summed E-state index contributed by atoms with van der Waals surface area (Å²) in [5.74, 6) is 0. The van der Waals surface area contributed by atoms with Crippen LogP contribution in [0.15, 0.2) is 0 Å². The van der Waals surface area contributed by atoms with Gasteiger partial charge in [-0.15, -0.1) is 0 Å². The van der Waals surface area contributed by atoms with Gasteiger partial charge in [-0.3, -0.25) is 4.90 Å². The van der Waals surface area contributed by atoms with E-state index in [9.17, 15) is 0 Å². The molecule has 1 aliphatic heterocycles. The zero-order valence-electron chi connectivity index (χ0n) is 8.42. The topological polar surface area (TPSA) is 27.0 Å². The van der Waals surface area contributed by atoms with Crippen molar-refractivity contribution in [3.8, 4) is 6.07 Å². The van der Waals surface area contributed by atoms with Crippen molar-refractivity contribution in [1.82, 2.24) is 4.90 Å². The van der Waals surface area contributed by atoms with Crippen LogP contribution in [0.25, 0.3) is 0 Å². The number of hydrogen-bond acceptors (Lipinski definition) is 2. The van der Waals surface area contributed by atoms with Gasteiger partial charge in [-0.2, -0.15) is 5.26 Å².